The SMILES string of the molecule is Cc1csc(NC(=O)CCCCNC(N)=O)n1. The second-order valence-electron chi connectivity index (χ2n) is 3.59. The van der Waals surface area contributed by atoms with E-state index in [0.29, 0.717) is 24.5 Å². The molecule has 0 saturated carbocycles. The van der Waals surface area contributed by atoms with Crippen LogP contribution in [0.5, 0.6) is 0 Å². The third-order valence-electron chi connectivity index (χ3n) is 2.00. The van der Waals surface area contributed by atoms with E-state index < -0.39 is 6.03 Å². The van der Waals surface area contributed by atoms with Crippen LogP contribution in [0.3, 0.4) is 0 Å². The van der Waals surface area contributed by atoms with Gasteiger partial charge in [0.2, 0.25) is 5.91 Å². The summed E-state index contributed by atoms with van der Waals surface area (Å²) in [7, 11) is 0. The number of hydrogen-bond acceptors (Lipinski definition) is 4. The van der Waals surface area contributed by atoms with E-state index in [1.54, 1.807) is 0 Å². The highest BCUT2D eigenvalue weighted by atomic mass is 32.1. The summed E-state index contributed by atoms with van der Waals surface area (Å²) in [6.07, 6.45) is 1.85. The zero-order chi connectivity index (χ0) is 12.7. The van der Waals surface area contributed by atoms with Gasteiger partial charge in [0.1, 0.15) is 0 Å². The van der Waals surface area contributed by atoms with Gasteiger partial charge in [-0.3, -0.25) is 4.79 Å². The van der Waals surface area contributed by atoms with Gasteiger partial charge in [-0.15, -0.1) is 11.3 Å². The van der Waals surface area contributed by atoms with Crippen molar-refractivity contribution in [1.29, 1.82) is 0 Å². The molecule has 0 atom stereocenters. The fourth-order valence-corrected chi connectivity index (χ4v) is 1.92. The number of nitrogens with one attached hydrogen (secondary N) is 2. The molecule has 7 heteroatoms. The topological polar surface area (TPSA) is 97.1 Å². The Kier molecular flexibility index (Phi) is 5.41. The smallest absolute Gasteiger partial charge is 0.312 e. The summed E-state index contributed by atoms with van der Waals surface area (Å²) in [6.45, 7) is 2.38. The van der Waals surface area contributed by atoms with Gasteiger partial charge in [-0.05, 0) is 19.8 Å². The first kappa shape index (κ1) is 13.4. The molecule has 0 radical (unpaired) electrons. The summed E-state index contributed by atoms with van der Waals surface area (Å²) < 4.78 is 0. The van der Waals surface area contributed by atoms with Crippen LogP contribution in [0.25, 0.3) is 0 Å². The first-order valence-corrected chi connectivity index (χ1v) is 6.21. The van der Waals surface area contributed by atoms with Crippen molar-refractivity contribution in [2.75, 3.05) is 11.9 Å². The largest absolute Gasteiger partial charge is 0.352 e. The Hall–Kier alpha value is -1.63. The molecule has 0 saturated heterocycles. The lowest BCUT2D eigenvalue weighted by Crippen LogP contribution is -2.30. The number of nitrogens with two attached hydrogens (primary N) is 1. The number of amides is 3. The van der Waals surface area contributed by atoms with Crippen molar-refractivity contribution in [1.82, 2.24) is 10.3 Å². The number of thiazole rings is 1. The van der Waals surface area contributed by atoms with Gasteiger partial charge in [-0.25, -0.2) is 9.78 Å². The van der Waals surface area contributed by atoms with Gasteiger partial charge in [-0.1, -0.05) is 0 Å². The molecule has 4 N–H and O–H groups in total. The normalized spacial score (nSPS) is 9.94. The minimum absolute atomic E-state index is 0.0570. The zero-order valence-corrected chi connectivity index (χ0v) is 10.5. The van der Waals surface area contributed by atoms with Gasteiger partial charge < -0.3 is 16.4 Å². The number of carbonyl (C=O) groups is 2. The number of nitrogens with zero attached hydrogens (tertiary/aromatic N) is 1. The predicted octanol–water partition coefficient (Wildman–Crippen LogP) is 1.23. The predicted molar refractivity (Wildman–Crippen MR) is 66.9 cm³/mol. The second-order valence-corrected chi connectivity index (χ2v) is 4.45. The Balaban J connectivity index is 2.11. The highest BCUT2D eigenvalue weighted by molar-refractivity contribution is 7.13. The van der Waals surface area contributed by atoms with Gasteiger partial charge in [-0.2, -0.15) is 0 Å². The molecule has 0 aliphatic carbocycles. The molecule has 0 spiro atoms. The Labute approximate surface area is 104 Å². The molecule has 1 rings (SSSR count). The number of rotatable bonds is 6. The fourth-order valence-electron chi connectivity index (χ4n) is 1.22. The molecule has 0 aliphatic rings. The van der Waals surface area contributed by atoms with Crippen LogP contribution < -0.4 is 16.4 Å². The zero-order valence-electron chi connectivity index (χ0n) is 9.66. The molecular formula is C10H16N4O2S. The van der Waals surface area contributed by atoms with Crippen LogP contribution in [0.4, 0.5) is 9.93 Å². The van der Waals surface area contributed by atoms with Crippen molar-refractivity contribution in [3.8, 4) is 0 Å². The molecule has 3 amide bonds. The van der Waals surface area contributed by atoms with E-state index in [9.17, 15) is 9.59 Å². The van der Waals surface area contributed by atoms with E-state index in [1.807, 2.05) is 12.3 Å². The number of unbranched alkanes of at least 4 members (excludes halogenated alkanes) is 1. The third-order valence-corrected chi connectivity index (χ3v) is 2.87. The Morgan fingerprint density at radius 1 is 1.47 bits per heavy atom. The van der Waals surface area contributed by atoms with Gasteiger partial charge >= 0.3 is 6.03 Å². The summed E-state index contributed by atoms with van der Waals surface area (Å²) >= 11 is 1.41. The summed E-state index contributed by atoms with van der Waals surface area (Å²) in [5, 5.41) is 7.70. The molecule has 0 aromatic carbocycles. The van der Waals surface area contributed by atoms with Crippen LogP contribution in [0.1, 0.15) is 25.0 Å². The van der Waals surface area contributed by atoms with E-state index in [0.717, 1.165) is 12.1 Å². The maximum Gasteiger partial charge on any atom is 0.312 e. The van der Waals surface area contributed by atoms with Crippen LogP contribution in [0.2, 0.25) is 0 Å². The fraction of sp³-hybridized carbons (Fsp3) is 0.500. The molecule has 94 valence electrons. The van der Waals surface area contributed by atoms with Crippen LogP contribution in [0.15, 0.2) is 5.38 Å². The maximum atomic E-state index is 11.5. The van der Waals surface area contributed by atoms with Gasteiger partial charge in [0, 0.05) is 18.3 Å². The highest BCUT2D eigenvalue weighted by Crippen LogP contribution is 2.14. The summed E-state index contributed by atoms with van der Waals surface area (Å²) in [6, 6.07) is -0.535. The van der Waals surface area contributed by atoms with Crippen molar-refractivity contribution >= 4 is 28.4 Å². The number of anilines is 1. The van der Waals surface area contributed by atoms with Crippen LogP contribution in [0, 0.1) is 6.92 Å². The summed E-state index contributed by atoms with van der Waals surface area (Å²) in [5.74, 6) is -0.0570. The minimum Gasteiger partial charge on any atom is -0.352 e. The van der Waals surface area contributed by atoms with E-state index in [4.69, 9.17) is 5.73 Å². The van der Waals surface area contributed by atoms with Crippen LogP contribution >= 0.6 is 11.3 Å². The Morgan fingerprint density at radius 3 is 2.82 bits per heavy atom. The average molecular weight is 256 g/mol. The summed E-state index contributed by atoms with van der Waals surface area (Å²) in [4.78, 5) is 26.0. The van der Waals surface area contributed by atoms with E-state index in [1.165, 1.54) is 11.3 Å². The monoisotopic (exact) mass is 256 g/mol. The highest BCUT2D eigenvalue weighted by Gasteiger charge is 2.04. The van der Waals surface area contributed by atoms with Gasteiger partial charge in [0.15, 0.2) is 5.13 Å². The van der Waals surface area contributed by atoms with Crippen LogP contribution in [-0.2, 0) is 4.79 Å². The molecule has 6 nitrogen and oxygen atoms in total. The number of primary amides is 1. The van der Waals surface area contributed by atoms with Gasteiger partial charge in [0.25, 0.3) is 0 Å². The molecule has 1 heterocycles. The van der Waals surface area contributed by atoms with Crippen molar-refractivity contribution in [2.45, 2.75) is 26.2 Å². The lowest BCUT2D eigenvalue weighted by Gasteiger charge is -2.02. The van der Waals surface area contributed by atoms with Crippen molar-refractivity contribution in [3.63, 3.8) is 0 Å². The quantitative estimate of drug-likeness (QED) is 0.668. The number of carbonyl (C=O) groups excluding carboxylic acids is 2. The van der Waals surface area contributed by atoms with Gasteiger partial charge in [0.05, 0.1) is 5.69 Å². The molecule has 17 heavy (non-hydrogen) atoms. The molecular weight excluding hydrogens is 240 g/mol. The Morgan fingerprint density at radius 2 is 2.24 bits per heavy atom. The molecule has 1 aromatic heterocycles. The average Bonchev–Trinajstić information content (AvgIpc) is 2.63. The van der Waals surface area contributed by atoms with E-state index in [2.05, 4.69) is 15.6 Å². The first-order valence-electron chi connectivity index (χ1n) is 5.33. The van der Waals surface area contributed by atoms with Crippen LogP contribution in [-0.4, -0.2) is 23.5 Å². The van der Waals surface area contributed by atoms with Crippen molar-refractivity contribution < 1.29 is 9.59 Å². The standard InChI is InChI=1S/C10H16N4O2S/c1-7-6-17-10(13-7)14-8(15)4-2-3-5-12-9(11)16/h6H,2-5H2,1H3,(H3,11,12,16)(H,13,14,15). The second kappa shape index (κ2) is 6.85. The molecule has 0 aliphatic heterocycles. The number of aryl methyl sites for hydroxylation is 1. The Bertz CT molecular complexity index is 391. The number of aromatic nitrogens is 1. The third kappa shape index (κ3) is 5.86. The van der Waals surface area contributed by atoms with E-state index in [-0.39, 0.29) is 5.91 Å². The number of hydrogen-bond donors (Lipinski definition) is 3. The molecule has 0 unspecified atom stereocenters. The molecule has 1 aromatic rings. The minimum atomic E-state index is -0.535. The van der Waals surface area contributed by atoms with E-state index >= 15 is 0 Å². The lowest BCUT2D eigenvalue weighted by atomic mass is 10.2. The lowest BCUT2D eigenvalue weighted by molar-refractivity contribution is -0.116. The van der Waals surface area contributed by atoms with Crippen molar-refractivity contribution in [3.05, 3.63) is 11.1 Å². The molecule has 0 bridgehead atoms. The summed E-state index contributed by atoms with van der Waals surface area (Å²) in [5.41, 5.74) is 5.80. The number of urea groups is 1. The first-order chi connectivity index (χ1) is 8.08. The maximum absolute atomic E-state index is 11.5. The van der Waals surface area contributed by atoms with Crippen molar-refractivity contribution in [2.24, 2.45) is 5.73 Å². The molecule has 0 fully saturated rings.